The fourth-order valence-corrected chi connectivity index (χ4v) is 4.04. The minimum Gasteiger partial charge on any atom is -0.493 e. The van der Waals surface area contributed by atoms with Gasteiger partial charge in [-0.1, -0.05) is 30.3 Å². The molecule has 11 heteroatoms. The maximum absolute atomic E-state index is 12.9. The number of aromatic nitrogens is 1. The van der Waals surface area contributed by atoms with Crippen LogP contribution in [-0.2, 0) is 36.8 Å². The Kier molecular flexibility index (Phi) is 9.06. The van der Waals surface area contributed by atoms with E-state index in [0.717, 1.165) is 17.0 Å². The van der Waals surface area contributed by atoms with Crippen molar-refractivity contribution in [3.8, 4) is 17.2 Å². The topological polar surface area (TPSA) is 137 Å². The van der Waals surface area contributed by atoms with Crippen LogP contribution in [0.15, 0.2) is 59.0 Å². The Morgan fingerprint density at radius 2 is 1.68 bits per heavy atom. The number of carbonyl (C=O) groups excluding carboxylic acids is 4. The van der Waals surface area contributed by atoms with Crippen molar-refractivity contribution in [3.63, 3.8) is 0 Å². The van der Waals surface area contributed by atoms with Gasteiger partial charge in [0.25, 0.3) is 11.8 Å². The lowest BCUT2D eigenvalue weighted by molar-refractivity contribution is -0.198. The van der Waals surface area contributed by atoms with Crippen molar-refractivity contribution in [2.75, 3.05) is 6.61 Å². The number of benzene rings is 2. The van der Waals surface area contributed by atoms with Crippen LogP contribution in [0.5, 0.6) is 5.75 Å². The number of amides is 3. The third-order valence-electron chi connectivity index (χ3n) is 6.05. The van der Waals surface area contributed by atoms with Crippen molar-refractivity contribution in [1.82, 2.24) is 15.4 Å². The minimum atomic E-state index is -1.22. The lowest BCUT2D eigenvalue weighted by atomic mass is 10.1. The molecule has 1 saturated heterocycles. The van der Waals surface area contributed by atoms with Gasteiger partial charge >= 0.3 is 12.1 Å². The SMILES string of the molecule is Cc1oc(-c2ccccc2)nc1CCOc1ccc(CC(NC(=O)OC(C)(C)C)C(=O)ON2C(=O)CCC2=O)cc1. The molecule has 0 bridgehead atoms. The Hall–Kier alpha value is -4.67. The molecule has 1 atom stereocenters. The molecule has 2 aromatic carbocycles. The van der Waals surface area contributed by atoms with E-state index in [1.165, 1.54) is 0 Å². The average molecular weight is 564 g/mol. The maximum Gasteiger partial charge on any atom is 0.408 e. The van der Waals surface area contributed by atoms with Gasteiger partial charge in [-0.3, -0.25) is 9.59 Å². The van der Waals surface area contributed by atoms with Crippen LogP contribution < -0.4 is 10.1 Å². The molecule has 1 aliphatic heterocycles. The van der Waals surface area contributed by atoms with Gasteiger partial charge in [0.05, 0.1) is 12.3 Å². The van der Waals surface area contributed by atoms with Crippen LogP contribution in [0.4, 0.5) is 4.79 Å². The first-order chi connectivity index (χ1) is 19.5. The van der Waals surface area contributed by atoms with Crippen LogP contribution in [0.25, 0.3) is 11.5 Å². The van der Waals surface area contributed by atoms with Gasteiger partial charge in [-0.2, -0.15) is 0 Å². The molecule has 1 unspecified atom stereocenters. The van der Waals surface area contributed by atoms with E-state index in [1.54, 1.807) is 45.0 Å². The summed E-state index contributed by atoms with van der Waals surface area (Å²) in [7, 11) is 0. The highest BCUT2D eigenvalue weighted by Crippen LogP contribution is 2.22. The second-order valence-electron chi connectivity index (χ2n) is 10.5. The van der Waals surface area contributed by atoms with Crippen LogP contribution >= 0.6 is 0 Å². The summed E-state index contributed by atoms with van der Waals surface area (Å²) >= 11 is 0. The molecule has 41 heavy (non-hydrogen) atoms. The normalized spacial score (nSPS) is 14.1. The molecule has 216 valence electrons. The summed E-state index contributed by atoms with van der Waals surface area (Å²) in [5, 5.41) is 2.93. The van der Waals surface area contributed by atoms with Crippen molar-refractivity contribution in [3.05, 3.63) is 71.6 Å². The van der Waals surface area contributed by atoms with Gasteiger partial charge in [-0.15, -0.1) is 5.06 Å². The number of hydroxylamine groups is 2. The zero-order valence-corrected chi connectivity index (χ0v) is 23.5. The third kappa shape index (κ3) is 8.17. The van der Waals surface area contributed by atoms with E-state index in [0.29, 0.717) is 35.3 Å². The molecular weight excluding hydrogens is 530 g/mol. The van der Waals surface area contributed by atoms with Gasteiger partial charge < -0.3 is 24.0 Å². The lowest BCUT2D eigenvalue weighted by Crippen LogP contribution is -2.48. The van der Waals surface area contributed by atoms with Crippen molar-refractivity contribution < 1.29 is 37.9 Å². The second-order valence-corrected chi connectivity index (χ2v) is 10.5. The van der Waals surface area contributed by atoms with Crippen LogP contribution in [0.2, 0.25) is 0 Å². The van der Waals surface area contributed by atoms with E-state index < -0.39 is 35.5 Å². The number of imide groups is 1. The Balaban J connectivity index is 1.36. The van der Waals surface area contributed by atoms with E-state index >= 15 is 0 Å². The maximum atomic E-state index is 12.9. The van der Waals surface area contributed by atoms with Gasteiger partial charge in [-0.25, -0.2) is 14.6 Å². The fraction of sp³-hybridized carbons (Fsp3) is 0.367. The Labute approximate surface area is 237 Å². The van der Waals surface area contributed by atoms with E-state index in [4.69, 9.17) is 18.7 Å². The predicted molar refractivity (Wildman–Crippen MR) is 146 cm³/mol. The molecule has 4 rings (SSSR count). The monoisotopic (exact) mass is 563 g/mol. The molecule has 1 N–H and O–H groups in total. The largest absolute Gasteiger partial charge is 0.493 e. The number of ether oxygens (including phenoxy) is 2. The van der Waals surface area contributed by atoms with Gasteiger partial charge in [0, 0.05) is 31.2 Å². The Bertz CT molecular complexity index is 1380. The molecule has 0 aliphatic carbocycles. The quantitative estimate of drug-likeness (QED) is 0.358. The van der Waals surface area contributed by atoms with Gasteiger partial charge in [0.2, 0.25) is 5.89 Å². The highest BCUT2D eigenvalue weighted by molar-refractivity contribution is 6.01. The Morgan fingerprint density at radius 1 is 1.02 bits per heavy atom. The molecule has 0 radical (unpaired) electrons. The summed E-state index contributed by atoms with van der Waals surface area (Å²) in [5.74, 6) is -0.288. The molecule has 11 nitrogen and oxygen atoms in total. The molecule has 0 spiro atoms. The summed E-state index contributed by atoms with van der Waals surface area (Å²) in [5.41, 5.74) is 1.59. The number of rotatable bonds is 10. The number of nitrogens with zero attached hydrogens (tertiary/aromatic N) is 2. The van der Waals surface area contributed by atoms with E-state index in [1.807, 2.05) is 37.3 Å². The van der Waals surface area contributed by atoms with Crippen LogP contribution in [0.3, 0.4) is 0 Å². The first-order valence-corrected chi connectivity index (χ1v) is 13.3. The van der Waals surface area contributed by atoms with Gasteiger partial charge in [0.15, 0.2) is 0 Å². The fourth-order valence-electron chi connectivity index (χ4n) is 4.04. The molecule has 1 fully saturated rings. The molecule has 0 saturated carbocycles. The summed E-state index contributed by atoms with van der Waals surface area (Å²) in [6, 6.07) is 15.4. The zero-order valence-electron chi connectivity index (χ0n) is 23.5. The number of alkyl carbamates (subject to hydrolysis) is 1. The van der Waals surface area contributed by atoms with Crippen molar-refractivity contribution >= 4 is 23.9 Å². The lowest BCUT2D eigenvalue weighted by Gasteiger charge is -2.24. The molecular formula is C30H33N3O8. The highest BCUT2D eigenvalue weighted by Gasteiger charge is 2.36. The number of hydrogen-bond donors (Lipinski definition) is 1. The average Bonchev–Trinajstić information content (AvgIpc) is 3.45. The first kappa shape index (κ1) is 29.3. The third-order valence-corrected chi connectivity index (χ3v) is 6.05. The summed E-state index contributed by atoms with van der Waals surface area (Å²) in [4.78, 5) is 58.7. The van der Waals surface area contributed by atoms with E-state index in [2.05, 4.69) is 10.3 Å². The van der Waals surface area contributed by atoms with Crippen molar-refractivity contribution in [2.45, 2.75) is 65.0 Å². The van der Waals surface area contributed by atoms with Crippen molar-refractivity contribution in [2.24, 2.45) is 0 Å². The number of hydrogen-bond acceptors (Lipinski definition) is 9. The number of carbonyl (C=O) groups is 4. The highest BCUT2D eigenvalue weighted by atomic mass is 16.7. The second kappa shape index (κ2) is 12.7. The number of nitrogens with one attached hydrogen (secondary N) is 1. The first-order valence-electron chi connectivity index (χ1n) is 13.3. The number of aryl methyl sites for hydroxylation is 1. The van der Waals surface area contributed by atoms with Crippen molar-refractivity contribution in [1.29, 1.82) is 0 Å². The number of oxazole rings is 1. The standard InChI is InChI=1S/C30H33N3O8/c1-19-23(31-27(39-19)21-8-6-5-7-9-21)16-17-38-22-12-10-20(11-13-22)18-24(32-29(37)40-30(2,3)4)28(36)41-33-25(34)14-15-26(33)35/h5-13,24H,14-18H2,1-4H3,(H,32,37). The minimum absolute atomic E-state index is 0.0228. The molecule has 3 aromatic rings. The van der Waals surface area contributed by atoms with Gasteiger partial charge in [-0.05, 0) is 57.5 Å². The molecule has 1 aromatic heterocycles. The van der Waals surface area contributed by atoms with Crippen LogP contribution in [0, 0.1) is 6.92 Å². The van der Waals surface area contributed by atoms with E-state index in [-0.39, 0.29) is 19.3 Å². The predicted octanol–water partition coefficient (Wildman–Crippen LogP) is 4.31. The van der Waals surface area contributed by atoms with E-state index in [9.17, 15) is 19.2 Å². The molecule has 2 heterocycles. The van der Waals surface area contributed by atoms with Crippen LogP contribution in [-0.4, -0.2) is 52.2 Å². The smallest absolute Gasteiger partial charge is 0.408 e. The summed E-state index contributed by atoms with van der Waals surface area (Å²) < 4.78 is 16.9. The summed E-state index contributed by atoms with van der Waals surface area (Å²) in [6.45, 7) is 7.30. The van der Waals surface area contributed by atoms with Gasteiger partial charge in [0.1, 0.15) is 23.2 Å². The molecule has 1 aliphatic rings. The summed E-state index contributed by atoms with van der Waals surface area (Å²) in [6.07, 6.45) is -0.345. The molecule has 3 amide bonds. The van der Waals surface area contributed by atoms with Crippen LogP contribution in [0.1, 0.15) is 50.6 Å². The Morgan fingerprint density at radius 3 is 2.32 bits per heavy atom. The zero-order chi connectivity index (χ0) is 29.6.